The van der Waals surface area contributed by atoms with Crippen molar-refractivity contribution in [2.75, 3.05) is 45.3 Å². The van der Waals surface area contributed by atoms with Gasteiger partial charge in [0.2, 0.25) is 0 Å². The van der Waals surface area contributed by atoms with Gasteiger partial charge in [-0.3, -0.25) is 24.1 Å². The summed E-state index contributed by atoms with van der Waals surface area (Å²) >= 11 is 2.29. The fourth-order valence-electron chi connectivity index (χ4n) is 5.06. The number of amides is 2. The molecule has 0 aromatic carbocycles. The quantitative estimate of drug-likeness (QED) is 0.104. The third kappa shape index (κ3) is 4.91. The monoisotopic (exact) mass is 568 g/mol. The third-order valence-corrected chi connectivity index (χ3v) is 8.67. The van der Waals surface area contributed by atoms with Crippen molar-refractivity contribution in [3.8, 4) is 0 Å². The number of carboxylic acids is 3. The smallest absolute Gasteiger partial charge is 0.313 e. The molecule has 2 amide bonds. The Morgan fingerprint density at radius 3 is 2.42 bits per heavy atom. The highest BCUT2D eigenvalue weighted by Crippen LogP contribution is 2.41. The first-order chi connectivity index (χ1) is 17.9. The first-order valence-electron chi connectivity index (χ1n) is 11.2. The van der Waals surface area contributed by atoms with Gasteiger partial charge in [-0.2, -0.15) is 0 Å². The van der Waals surface area contributed by atoms with Gasteiger partial charge in [0.1, 0.15) is 42.6 Å². The molecular weight excluding hydrogens is 544 g/mol. The second-order valence-electron chi connectivity index (χ2n) is 9.33. The maximum absolute atomic E-state index is 13.0. The standard InChI is InChI=1S/C21H24N6O9S2/c1-27(4-9(18(30)31)10(5-27)19(32)33)3-8-6-37-17-13(16(29)26(17)14(8)20(34)35)24-15(28)12(25-36-2)11-7-38-21(22)23-11/h7,9-10,13,17H,3-6H2,1-2H3,(H5-,22,23,24,28,30,31,32,33,34,35)/b25-12-/t9?,10?,13-,17-,27?/m1/s1. The number of quaternary nitrogens is 1. The van der Waals surface area contributed by atoms with Crippen LogP contribution in [0, 0.1) is 11.8 Å². The Bertz CT molecular complexity index is 1260. The molecule has 5 N–H and O–H groups in total. The van der Waals surface area contributed by atoms with E-state index in [2.05, 4.69) is 15.5 Å². The average Bonchev–Trinajstić information content (AvgIpc) is 3.43. The van der Waals surface area contributed by atoms with Crippen molar-refractivity contribution in [2.45, 2.75) is 11.4 Å². The molecule has 0 aliphatic carbocycles. The maximum atomic E-state index is 13.0. The van der Waals surface area contributed by atoms with Crippen LogP contribution in [-0.4, -0.2) is 111 Å². The number of thioether (sulfide) groups is 1. The van der Waals surface area contributed by atoms with E-state index in [0.717, 1.165) is 16.2 Å². The first-order valence-corrected chi connectivity index (χ1v) is 13.1. The van der Waals surface area contributed by atoms with Gasteiger partial charge in [-0.05, 0) is 0 Å². The van der Waals surface area contributed by atoms with E-state index in [1.165, 1.54) is 24.3 Å². The van der Waals surface area contributed by atoms with Crippen LogP contribution in [0.2, 0.25) is 0 Å². The number of carboxylic acid groups (broad SMARTS) is 3. The van der Waals surface area contributed by atoms with Crippen LogP contribution in [0.4, 0.5) is 5.13 Å². The lowest BCUT2D eigenvalue weighted by molar-refractivity contribution is -0.895. The number of nitrogens with zero attached hydrogens (tertiary/aromatic N) is 4. The lowest BCUT2D eigenvalue weighted by Crippen LogP contribution is -2.71. The number of hydrogen-bond acceptors (Lipinski definition) is 12. The van der Waals surface area contributed by atoms with Gasteiger partial charge in [-0.1, -0.05) is 5.16 Å². The summed E-state index contributed by atoms with van der Waals surface area (Å²) < 4.78 is -0.0267. The molecule has 0 radical (unpaired) electrons. The van der Waals surface area contributed by atoms with Crippen LogP contribution in [0.3, 0.4) is 0 Å². The molecule has 3 aliphatic rings. The van der Waals surface area contributed by atoms with Crippen molar-refractivity contribution >= 4 is 63.7 Å². The number of likely N-dealkylation sites (tertiary alicyclic amines) is 1. The Labute approximate surface area is 223 Å². The predicted molar refractivity (Wildman–Crippen MR) is 130 cm³/mol. The SMILES string of the molecule is CO/N=C(\C(=O)N[C@@H]1C(=O)N2C(C(=O)[O-])=C(C[N+]3(C)CC(C(=O)O)C(C(=O)O)C3)CS[C@H]12)c1csc(N)n1. The highest BCUT2D eigenvalue weighted by atomic mass is 32.2. The lowest BCUT2D eigenvalue weighted by Gasteiger charge is -2.51. The number of rotatable bonds is 9. The molecule has 0 spiro atoms. The van der Waals surface area contributed by atoms with Gasteiger partial charge in [0.05, 0.1) is 31.8 Å². The summed E-state index contributed by atoms with van der Waals surface area (Å²) in [7, 11) is 2.88. The minimum absolute atomic E-state index is 0.0143. The molecule has 2 fully saturated rings. The Hall–Kier alpha value is -3.70. The van der Waals surface area contributed by atoms with Crippen molar-refractivity contribution in [3.05, 3.63) is 22.3 Å². The van der Waals surface area contributed by atoms with E-state index in [1.807, 2.05) is 0 Å². The first kappa shape index (κ1) is 27.3. The molecule has 1 aromatic heterocycles. The molecule has 4 heterocycles. The van der Waals surface area contributed by atoms with Crippen LogP contribution in [-0.2, 0) is 28.8 Å². The molecule has 38 heavy (non-hydrogen) atoms. The number of carbonyl (C=O) groups is 5. The summed E-state index contributed by atoms with van der Waals surface area (Å²) in [6, 6.07) is -1.06. The topological polar surface area (TPSA) is 225 Å². The molecule has 2 unspecified atom stereocenters. The average molecular weight is 569 g/mol. The number of nitrogens with one attached hydrogen (secondary N) is 1. The largest absolute Gasteiger partial charge is 0.543 e. The van der Waals surface area contributed by atoms with Crippen molar-refractivity contribution in [1.29, 1.82) is 0 Å². The van der Waals surface area contributed by atoms with Crippen molar-refractivity contribution < 1.29 is 48.6 Å². The third-order valence-electron chi connectivity index (χ3n) is 6.66. The highest BCUT2D eigenvalue weighted by Gasteiger charge is 2.55. The van der Waals surface area contributed by atoms with Gasteiger partial charge in [-0.25, -0.2) is 4.98 Å². The van der Waals surface area contributed by atoms with E-state index < -0.39 is 53.0 Å². The molecule has 15 nitrogen and oxygen atoms in total. The van der Waals surface area contributed by atoms with Crippen molar-refractivity contribution in [3.63, 3.8) is 0 Å². The second-order valence-corrected chi connectivity index (χ2v) is 11.3. The molecule has 4 rings (SSSR count). The normalized spacial score (nSPS) is 28.9. The van der Waals surface area contributed by atoms with Gasteiger partial charge < -0.3 is 40.5 Å². The van der Waals surface area contributed by atoms with Crippen LogP contribution in [0.25, 0.3) is 0 Å². The molecular formula is C21H24N6O9S2. The van der Waals surface area contributed by atoms with Crippen LogP contribution < -0.4 is 16.2 Å². The highest BCUT2D eigenvalue weighted by molar-refractivity contribution is 8.00. The molecule has 0 saturated carbocycles. The number of fused-ring (bicyclic) bond motifs is 1. The fourth-order valence-corrected chi connectivity index (χ4v) is 6.95. The van der Waals surface area contributed by atoms with E-state index in [-0.39, 0.29) is 52.1 Å². The van der Waals surface area contributed by atoms with E-state index in [1.54, 1.807) is 7.05 Å². The number of hydrogen-bond donors (Lipinski definition) is 4. The van der Waals surface area contributed by atoms with Crippen LogP contribution >= 0.6 is 23.1 Å². The zero-order valence-electron chi connectivity index (χ0n) is 20.2. The molecule has 204 valence electrons. The Morgan fingerprint density at radius 1 is 1.29 bits per heavy atom. The van der Waals surface area contributed by atoms with Crippen LogP contribution in [0.15, 0.2) is 21.8 Å². The predicted octanol–water partition coefficient (Wildman–Crippen LogP) is -2.66. The summed E-state index contributed by atoms with van der Waals surface area (Å²) in [6.45, 7) is -0.00746. The minimum atomic E-state index is -1.60. The van der Waals surface area contributed by atoms with E-state index in [4.69, 9.17) is 10.6 Å². The van der Waals surface area contributed by atoms with Gasteiger partial charge in [0.15, 0.2) is 10.8 Å². The van der Waals surface area contributed by atoms with Crippen LogP contribution in [0.1, 0.15) is 5.69 Å². The van der Waals surface area contributed by atoms with Crippen LogP contribution in [0.5, 0.6) is 0 Å². The Morgan fingerprint density at radius 2 is 1.92 bits per heavy atom. The zero-order chi connectivity index (χ0) is 27.9. The summed E-state index contributed by atoms with van der Waals surface area (Å²) in [5.41, 5.74) is 5.52. The number of nitrogen functional groups attached to an aromatic ring is 1. The lowest BCUT2D eigenvalue weighted by atomic mass is 9.97. The molecule has 0 bridgehead atoms. The summed E-state index contributed by atoms with van der Waals surface area (Å²) in [6.07, 6.45) is 0. The fraction of sp³-hybridized carbons (Fsp3) is 0.476. The number of aliphatic carboxylic acids is 3. The molecule has 1 aromatic rings. The van der Waals surface area contributed by atoms with E-state index in [0.29, 0.717) is 5.57 Å². The number of thiazole rings is 1. The number of oxime groups is 1. The number of carbonyl (C=O) groups excluding carboxylic acids is 3. The number of aromatic nitrogens is 1. The van der Waals surface area contributed by atoms with Crippen molar-refractivity contribution in [2.24, 2.45) is 17.0 Å². The summed E-state index contributed by atoms with van der Waals surface area (Å²) in [5, 5.41) is 38.2. The summed E-state index contributed by atoms with van der Waals surface area (Å²) in [5.74, 6) is -7.63. The minimum Gasteiger partial charge on any atom is -0.543 e. The molecule has 4 atom stereocenters. The number of β-lactam (4-membered cyclic amide) rings is 1. The van der Waals surface area contributed by atoms with Gasteiger partial charge >= 0.3 is 11.9 Å². The molecule has 17 heteroatoms. The van der Waals surface area contributed by atoms with Gasteiger partial charge in [-0.15, -0.1) is 23.1 Å². The summed E-state index contributed by atoms with van der Waals surface area (Å²) in [4.78, 5) is 71.0. The Kier molecular flexibility index (Phi) is 7.35. The van der Waals surface area contributed by atoms with E-state index in [9.17, 15) is 39.3 Å². The number of nitrogens with two attached hydrogens (primary N) is 1. The van der Waals surface area contributed by atoms with Gasteiger partial charge in [0.25, 0.3) is 11.8 Å². The zero-order valence-corrected chi connectivity index (χ0v) is 21.8. The second kappa shape index (κ2) is 10.2. The maximum Gasteiger partial charge on any atom is 0.313 e. The molecule has 2 saturated heterocycles. The number of anilines is 1. The van der Waals surface area contributed by atoms with Gasteiger partial charge in [0, 0.05) is 16.7 Å². The molecule has 3 aliphatic heterocycles. The number of likely N-dealkylation sites (N-methyl/N-ethyl adjacent to an activating group) is 1. The van der Waals surface area contributed by atoms with Crippen molar-refractivity contribution in [1.82, 2.24) is 15.2 Å². The van der Waals surface area contributed by atoms with E-state index >= 15 is 0 Å². The Balaban J connectivity index is 1.53.